The molecule has 0 spiro atoms. The number of piperidine rings is 1. The number of ether oxygens (including phenoxy) is 1. The maximum atomic E-state index is 5.22. The molecule has 1 aliphatic carbocycles. The maximum absolute atomic E-state index is 5.22. The molecule has 2 heterocycles. The summed E-state index contributed by atoms with van der Waals surface area (Å²) in [6.45, 7) is 10.7. The summed E-state index contributed by atoms with van der Waals surface area (Å²) < 4.78 is 5.22. The number of likely N-dealkylation sites (tertiary alicyclic amines) is 2. The number of methoxy groups -OCH3 is 1. The van der Waals surface area contributed by atoms with Crippen LogP contribution in [-0.2, 0) is 11.3 Å². The first-order valence-corrected chi connectivity index (χ1v) is 12.4. The highest BCUT2D eigenvalue weighted by Crippen LogP contribution is 2.42. The second-order valence-corrected chi connectivity index (χ2v) is 10.3. The number of rotatable bonds is 10. The fourth-order valence-electron chi connectivity index (χ4n) is 5.82. The van der Waals surface area contributed by atoms with E-state index in [1.165, 1.54) is 83.4 Å². The van der Waals surface area contributed by atoms with Gasteiger partial charge in [0.05, 0.1) is 6.61 Å². The summed E-state index contributed by atoms with van der Waals surface area (Å²) in [6.07, 6.45) is 8.22. The smallest absolute Gasteiger partial charge is 0.0589 e. The molecule has 168 valence electrons. The minimum Gasteiger partial charge on any atom is -0.383 e. The molecule has 2 saturated heterocycles. The van der Waals surface area contributed by atoms with Gasteiger partial charge < -0.3 is 14.5 Å². The Kier molecular flexibility index (Phi) is 8.22. The highest BCUT2D eigenvalue weighted by Gasteiger charge is 2.31. The van der Waals surface area contributed by atoms with Crippen molar-refractivity contribution in [2.24, 2.45) is 11.8 Å². The molecule has 3 fully saturated rings. The van der Waals surface area contributed by atoms with Crippen LogP contribution in [0.15, 0.2) is 24.3 Å². The van der Waals surface area contributed by atoms with Crippen molar-refractivity contribution >= 4 is 0 Å². The van der Waals surface area contributed by atoms with Crippen molar-refractivity contribution in [3.8, 4) is 0 Å². The molecule has 0 aromatic heterocycles. The largest absolute Gasteiger partial charge is 0.383 e. The van der Waals surface area contributed by atoms with E-state index in [1.54, 1.807) is 12.7 Å². The maximum Gasteiger partial charge on any atom is 0.0589 e. The van der Waals surface area contributed by atoms with Crippen LogP contribution in [0.5, 0.6) is 0 Å². The summed E-state index contributed by atoms with van der Waals surface area (Å²) in [5.41, 5.74) is 3.06. The number of benzene rings is 1. The lowest BCUT2D eigenvalue weighted by atomic mass is 9.71. The number of nitrogens with zero attached hydrogens (tertiary/aromatic N) is 3. The summed E-state index contributed by atoms with van der Waals surface area (Å²) in [5, 5.41) is 0. The molecule has 0 atom stereocenters. The lowest BCUT2D eigenvalue weighted by Gasteiger charge is -2.39. The van der Waals surface area contributed by atoms with Crippen molar-refractivity contribution < 1.29 is 4.74 Å². The van der Waals surface area contributed by atoms with E-state index in [0.29, 0.717) is 0 Å². The quantitative estimate of drug-likeness (QED) is 0.576. The van der Waals surface area contributed by atoms with Gasteiger partial charge in [0.15, 0.2) is 0 Å². The Labute approximate surface area is 184 Å². The summed E-state index contributed by atoms with van der Waals surface area (Å²) in [6, 6.07) is 9.58. The van der Waals surface area contributed by atoms with E-state index in [9.17, 15) is 0 Å². The number of hydrogen-bond donors (Lipinski definition) is 0. The van der Waals surface area contributed by atoms with Crippen molar-refractivity contribution in [2.75, 3.05) is 66.6 Å². The van der Waals surface area contributed by atoms with Crippen LogP contribution in [0, 0.1) is 11.8 Å². The first-order chi connectivity index (χ1) is 14.7. The summed E-state index contributed by atoms with van der Waals surface area (Å²) >= 11 is 0. The van der Waals surface area contributed by atoms with Crippen LogP contribution < -0.4 is 0 Å². The Morgan fingerprint density at radius 3 is 2.23 bits per heavy atom. The SMILES string of the molecule is COCCN1CCC(CN(C)CC2CC(c3ccc(CN4CCCC4)cc3)C2)CC1. The van der Waals surface area contributed by atoms with Crippen LogP contribution in [0.4, 0.5) is 0 Å². The van der Waals surface area contributed by atoms with E-state index in [1.807, 2.05) is 0 Å². The summed E-state index contributed by atoms with van der Waals surface area (Å²) in [7, 11) is 4.15. The monoisotopic (exact) mass is 413 g/mol. The van der Waals surface area contributed by atoms with Gasteiger partial charge in [0.2, 0.25) is 0 Å². The van der Waals surface area contributed by atoms with Crippen molar-refractivity contribution in [1.82, 2.24) is 14.7 Å². The fraction of sp³-hybridized carbons (Fsp3) is 0.769. The zero-order chi connectivity index (χ0) is 20.8. The Balaban J connectivity index is 1.12. The molecular weight excluding hydrogens is 370 g/mol. The van der Waals surface area contributed by atoms with Gasteiger partial charge in [0.1, 0.15) is 0 Å². The standard InChI is InChI=1S/C26H43N3O/c1-27(19-23-9-13-28(14-10-23)15-16-30-2)20-24-17-26(18-24)25-7-5-22(6-8-25)21-29-11-3-4-12-29/h5-8,23-24,26H,3-4,9-21H2,1-2H3. The fourth-order valence-corrected chi connectivity index (χ4v) is 5.82. The van der Waals surface area contributed by atoms with Gasteiger partial charge in [-0.1, -0.05) is 24.3 Å². The predicted molar refractivity (Wildman–Crippen MR) is 125 cm³/mol. The van der Waals surface area contributed by atoms with E-state index in [0.717, 1.165) is 37.5 Å². The third-order valence-electron chi connectivity index (χ3n) is 7.75. The number of hydrogen-bond acceptors (Lipinski definition) is 4. The van der Waals surface area contributed by atoms with Crippen LogP contribution in [0.2, 0.25) is 0 Å². The summed E-state index contributed by atoms with van der Waals surface area (Å²) in [5.74, 6) is 2.58. The van der Waals surface area contributed by atoms with E-state index in [4.69, 9.17) is 4.74 Å². The van der Waals surface area contributed by atoms with Gasteiger partial charge in [0, 0.05) is 33.3 Å². The Hall–Kier alpha value is -0.940. The van der Waals surface area contributed by atoms with Gasteiger partial charge in [-0.25, -0.2) is 0 Å². The molecule has 1 saturated carbocycles. The molecule has 30 heavy (non-hydrogen) atoms. The average Bonchev–Trinajstić information content (AvgIpc) is 3.24. The second-order valence-electron chi connectivity index (χ2n) is 10.3. The molecule has 0 amide bonds. The molecule has 4 nitrogen and oxygen atoms in total. The molecule has 3 aliphatic rings. The van der Waals surface area contributed by atoms with Gasteiger partial charge in [-0.3, -0.25) is 4.90 Å². The van der Waals surface area contributed by atoms with Gasteiger partial charge >= 0.3 is 0 Å². The summed E-state index contributed by atoms with van der Waals surface area (Å²) in [4.78, 5) is 7.77. The zero-order valence-corrected chi connectivity index (χ0v) is 19.4. The normalized spacial score (nSPS) is 26.4. The Bertz CT molecular complexity index is 614. The van der Waals surface area contributed by atoms with Crippen molar-refractivity contribution in [3.63, 3.8) is 0 Å². The lowest BCUT2D eigenvalue weighted by Crippen LogP contribution is -2.41. The Morgan fingerprint density at radius 2 is 1.57 bits per heavy atom. The van der Waals surface area contributed by atoms with Gasteiger partial charge in [-0.15, -0.1) is 0 Å². The molecule has 0 radical (unpaired) electrons. The minimum atomic E-state index is 0.799. The molecule has 0 N–H and O–H groups in total. The Morgan fingerprint density at radius 1 is 0.900 bits per heavy atom. The lowest BCUT2D eigenvalue weighted by molar-refractivity contribution is 0.102. The van der Waals surface area contributed by atoms with Crippen LogP contribution in [0.1, 0.15) is 55.6 Å². The zero-order valence-electron chi connectivity index (χ0n) is 19.4. The highest BCUT2D eigenvalue weighted by molar-refractivity contribution is 5.27. The molecule has 4 heteroatoms. The van der Waals surface area contributed by atoms with Gasteiger partial charge in [0.25, 0.3) is 0 Å². The van der Waals surface area contributed by atoms with E-state index < -0.39 is 0 Å². The third-order valence-corrected chi connectivity index (χ3v) is 7.75. The minimum absolute atomic E-state index is 0.799. The first-order valence-electron chi connectivity index (χ1n) is 12.4. The van der Waals surface area contributed by atoms with Crippen LogP contribution >= 0.6 is 0 Å². The van der Waals surface area contributed by atoms with E-state index in [-0.39, 0.29) is 0 Å². The molecule has 4 rings (SSSR count). The van der Waals surface area contributed by atoms with Crippen LogP contribution in [0.25, 0.3) is 0 Å². The van der Waals surface area contributed by atoms with Crippen molar-refractivity contribution in [1.29, 1.82) is 0 Å². The van der Waals surface area contributed by atoms with Gasteiger partial charge in [-0.2, -0.15) is 0 Å². The van der Waals surface area contributed by atoms with Crippen LogP contribution in [0.3, 0.4) is 0 Å². The molecule has 0 unspecified atom stereocenters. The second kappa shape index (κ2) is 11.1. The van der Waals surface area contributed by atoms with Crippen molar-refractivity contribution in [3.05, 3.63) is 35.4 Å². The highest BCUT2D eigenvalue weighted by atomic mass is 16.5. The molecule has 1 aromatic carbocycles. The molecule has 1 aromatic rings. The van der Waals surface area contributed by atoms with E-state index >= 15 is 0 Å². The molecule has 2 aliphatic heterocycles. The van der Waals surface area contributed by atoms with Crippen molar-refractivity contribution in [2.45, 2.75) is 51.0 Å². The molecule has 0 bridgehead atoms. The van der Waals surface area contributed by atoms with Gasteiger partial charge in [-0.05, 0) is 101 Å². The molecular formula is C26H43N3O. The first kappa shape index (κ1) is 22.3. The average molecular weight is 414 g/mol. The van der Waals surface area contributed by atoms with Crippen LogP contribution in [-0.4, -0.2) is 81.3 Å². The third kappa shape index (κ3) is 6.29. The topological polar surface area (TPSA) is 19.0 Å². The predicted octanol–water partition coefficient (Wildman–Crippen LogP) is 4.07. The van der Waals surface area contributed by atoms with E-state index in [2.05, 4.69) is 46.0 Å².